The molecule has 33 nitrogen and oxygen atoms in total. The van der Waals surface area contributed by atoms with E-state index in [0.29, 0.717) is 6.42 Å². The number of hydrogen-bond donors (Lipinski definition) is 18. The summed E-state index contributed by atoms with van der Waals surface area (Å²) in [6, 6.07) is -5.99. The van der Waals surface area contributed by atoms with Crippen molar-refractivity contribution in [1.82, 2.24) is 52.6 Å². The number of hydroxylamine groups is 1. The quantitative estimate of drug-likeness (QED) is 0.0617. The molecule has 1 saturated heterocycles. The summed E-state index contributed by atoms with van der Waals surface area (Å²) < 4.78 is 14.6. The average molecular weight is 1180 g/mol. The summed E-state index contributed by atoms with van der Waals surface area (Å²) in [6.45, 7) is 1.76. The van der Waals surface area contributed by atoms with Crippen molar-refractivity contribution in [3.05, 3.63) is 23.8 Å². The number of nitrogens with zero attached hydrogens (tertiary/aromatic N) is 1. The largest absolute Gasteiger partial charge is 0.508 e. The summed E-state index contributed by atoms with van der Waals surface area (Å²) >= 11 is 0. The fourth-order valence-corrected chi connectivity index (χ4v) is 9.78. The van der Waals surface area contributed by atoms with Crippen LogP contribution in [0, 0.1) is 11.8 Å². The minimum atomic E-state index is -2.38. The molecule has 1 fully saturated rings. The number of carbonyl (C=O) groups excluding carboxylic acids is 11. The van der Waals surface area contributed by atoms with Crippen LogP contribution in [0.1, 0.15) is 77.7 Å². The second kappa shape index (κ2) is 32.2. The van der Waals surface area contributed by atoms with Crippen molar-refractivity contribution in [2.45, 2.75) is 132 Å². The van der Waals surface area contributed by atoms with Gasteiger partial charge in [-0.2, -0.15) is 0 Å². The fourth-order valence-electron chi connectivity index (χ4n) is 8.38. The van der Waals surface area contributed by atoms with Gasteiger partial charge in [0.2, 0.25) is 65.0 Å². The number of aliphatic carboxylic acids is 2. The number of phenolic OH excluding ortho intramolecular Hbond substituents is 1. The van der Waals surface area contributed by atoms with E-state index >= 15 is 0 Å². The van der Waals surface area contributed by atoms with Gasteiger partial charge in [-0.3, -0.25) is 71.7 Å². The average Bonchev–Trinajstić information content (AvgIpc) is 4.17. The summed E-state index contributed by atoms with van der Waals surface area (Å²) in [7, 11) is -2.38. The van der Waals surface area contributed by atoms with E-state index in [4.69, 9.17) is 26.9 Å². The highest BCUT2D eigenvalue weighted by Crippen LogP contribution is 2.30. The van der Waals surface area contributed by atoms with Crippen molar-refractivity contribution in [3.63, 3.8) is 0 Å². The molecule has 0 saturated carbocycles. The molecular weight excluding hydrogens is 1110 g/mol. The molecule has 5 rings (SSSR count). The molecule has 2 bridgehead atoms. The number of H-pyrrole nitrogens is 1. The Balaban J connectivity index is 0.000000839. The van der Waals surface area contributed by atoms with Crippen molar-refractivity contribution in [2.75, 3.05) is 32.0 Å². The number of hydrogen-bond acceptors (Lipinski definition) is 19. The van der Waals surface area contributed by atoms with Crippen LogP contribution in [0.2, 0.25) is 0 Å². The van der Waals surface area contributed by atoms with Crippen molar-refractivity contribution in [1.29, 1.82) is 0 Å². The van der Waals surface area contributed by atoms with Crippen LogP contribution in [0.15, 0.2) is 23.2 Å². The number of aliphatic hydroxyl groups is 3. The Hall–Kier alpha value is -8.34. The molecule has 3 aliphatic rings. The standard InChI is InChI=1S/C39H54N10O14S.C5H8O4.C4H8N2O3/c1-4-16(2)31-36(60)42-11-29(55)43-25-15-64(63)38-21(20-6-5-18(51)7-22(20)46-38)9-23(33(57)41-12-30(56)47-31)44-37(61)32(17(3)27(53)14-50)48-35(59)26-8-19(52)13-49(26)39(62)24(10-28(40)54)45-34(25)58;6-4(7)2-1-3-5(8)9;5-3(7)1-2-4(8)6-9/h5-7,16-17,19,23-27,31-32,46,50-53H,4,8-15H2,1-3H3,(H2,40,54)(H,41,57)(H,42,60)(H,43,55)(H,44,61)(H,45,58)(H,47,56)(H,48,59);1-3H2,(H,6,7)(H,8,9);9H,1-2H2,(H2,5,7)(H,6,8)/t16-,17-,19+,23-,24-,25+,26-,27-,31-,32-,64?;;/m0../s1. The summed E-state index contributed by atoms with van der Waals surface area (Å²) in [6.07, 6.45) is -4.44. The number of aromatic nitrogens is 1. The number of nitrogens with two attached hydrogens (primary N) is 2. The smallest absolute Gasteiger partial charge is 0.303 e. The Morgan fingerprint density at radius 2 is 1.40 bits per heavy atom. The number of aromatic hydroxyl groups is 1. The van der Waals surface area contributed by atoms with Crippen molar-refractivity contribution >= 4 is 98.6 Å². The number of primary amides is 2. The molecule has 34 heteroatoms. The molecule has 2 aromatic rings. The lowest BCUT2D eigenvalue weighted by Gasteiger charge is -2.32. The molecule has 1 aromatic carbocycles. The lowest BCUT2D eigenvalue weighted by atomic mass is 9.93. The van der Waals surface area contributed by atoms with Crippen LogP contribution < -0.4 is 54.2 Å². The van der Waals surface area contributed by atoms with Gasteiger partial charge in [-0.15, -0.1) is 0 Å². The van der Waals surface area contributed by atoms with Crippen molar-refractivity contribution < 1.29 is 102 Å². The Morgan fingerprint density at radius 1 is 0.780 bits per heavy atom. The molecule has 0 radical (unpaired) electrons. The Kier molecular flexibility index (Phi) is 26.7. The third-order valence-electron chi connectivity index (χ3n) is 13.0. The zero-order valence-corrected chi connectivity index (χ0v) is 45.6. The number of fused-ring (bicyclic) bond motifs is 5. The number of phenols is 1. The number of aromatic amines is 1. The lowest BCUT2D eigenvalue weighted by molar-refractivity contribution is -0.144. The maximum atomic E-state index is 14.6. The molecule has 11 atom stereocenters. The van der Waals surface area contributed by atoms with E-state index in [1.165, 1.54) is 30.6 Å². The summed E-state index contributed by atoms with van der Waals surface area (Å²) in [5.74, 6) is -15.1. The predicted octanol–water partition coefficient (Wildman–Crippen LogP) is -6.84. The molecule has 3 aliphatic heterocycles. The van der Waals surface area contributed by atoms with Gasteiger partial charge in [0.1, 0.15) is 47.0 Å². The van der Waals surface area contributed by atoms with Crippen LogP contribution in [-0.4, -0.2) is 207 Å². The van der Waals surface area contributed by atoms with E-state index in [1.807, 2.05) is 0 Å². The number of amides is 11. The van der Waals surface area contributed by atoms with Crippen LogP contribution >= 0.6 is 0 Å². The first-order valence-electron chi connectivity index (χ1n) is 25.5. The molecule has 20 N–H and O–H groups in total. The van der Waals surface area contributed by atoms with Gasteiger partial charge >= 0.3 is 11.9 Å². The van der Waals surface area contributed by atoms with Gasteiger partial charge in [0, 0.05) is 62.4 Å². The minimum absolute atomic E-state index is 0.0353. The van der Waals surface area contributed by atoms with E-state index in [2.05, 4.69) is 42.2 Å². The SMILES string of the molecule is CC[C@H](C)[C@@H]1NC(=O)CNC(=O)[C@@H]2Cc3c([nH]c4cc(O)ccc34)S(=O)C[C@@H](NC(=O)CNC1=O)C(=O)N[C@@H](CC(N)=O)C(=O)N1C[C@H](O)C[C@H]1C(=O)N[C@@H]([C@@H](C)[C@@H](O)CO)C(=O)N2.NC(=O)CCC(=O)NO.O=C(O)CCCC(=O)O. The summed E-state index contributed by atoms with van der Waals surface area (Å²) in [4.78, 5) is 167. The normalized spacial score (nSPS) is 24.2. The van der Waals surface area contributed by atoms with Gasteiger partial charge < -0.3 is 89.2 Å². The van der Waals surface area contributed by atoms with E-state index in [9.17, 15) is 87.0 Å². The monoisotopic (exact) mass is 1180 g/mol. The molecule has 1 aromatic heterocycles. The Labute approximate surface area is 469 Å². The van der Waals surface area contributed by atoms with Crippen LogP contribution in [0.25, 0.3) is 10.9 Å². The van der Waals surface area contributed by atoms with Crippen molar-refractivity contribution in [2.24, 2.45) is 23.3 Å². The topological polar surface area (TPSA) is 548 Å². The maximum absolute atomic E-state index is 14.6. The second-order valence-corrected chi connectivity index (χ2v) is 20.7. The molecule has 1 unspecified atom stereocenters. The van der Waals surface area contributed by atoms with E-state index < -0.39 is 199 Å². The van der Waals surface area contributed by atoms with E-state index in [1.54, 1.807) is 13.8 Å². The number of rotatable bonds is 14. The van der Waals surface area contributed by atoms with Gasteiger partial charge in [-0.25, -0.2) is 5.48 Å². The third-order valence-corrected chi connectivity index (χ3v) is 14.5. The number of aliphatic hydroxyl groups excluding tert-OH is 3. The Bertz CT molecular complexity index is 2730. The van der Waals surface area contributed by atoms with Gasteiger partial charge in [0.15, 0.2) is 0 Å². The molecule has 11 amide bonds. The first-order chi connectivity index (χ1) is 38.5. The highest BCUT2D eigenvalue weighted by atomic mass is 32.2. The molecule has 454 valence electrons. The summed E-state index contributed by atoms with van der Waals surface area (Å²) in [5, 5.41) is 82.7. The van der Waals surface area contributed by atoms with Crippen LogP contribution in [0.3, 0.4) is 0 Å². The minimum Gasteiger partial charge on any atom is -0.508 e. The van der Waals surface area contributed by atoms with Gasteiger partial charge in [-0.1, -0.05) is 27.2 Å². The van der Waals surface area contributed by atoms with E-state index in [-0.39, 0.29) is 59.3 Å². The second-order valence-electron chi connectivity index (χ2n) is 19.3. The van der Waals surface area contributed by atoms with Gasteiger partial charge in [0.25, 0.3) is 0 Å². The predicted molar refractivity (Wildman–Crippen MR) is 280 cm³/mol. The highest BCUT2D eigenvalue weighted by molar-refractivity contribution is 7.85. The van der Waals surface area contributed by atoms with E-state index in [0.717, 1.165) is 4.90 Å². The van der Waals surface area contributed by atoms with Gasteiger partial charge in [-0.05, 0) is 30.0 Å². The first kappa shape index (κ1) is 67.9. The number of carboxylic acids is 2. The molecule has 0 aliphatic carbocycles. The van der Waals surface area contributed by atoms with Crippen LogP contribution in [-0.2, 0) is 79.5 Å². The molecule has 4 heterocycles. The zero-order valence-electron chi connectivity index (χ0n) is 44.8. The lowest BCUT2D eigenvalue weighted by Crippen LogP contribution is -2.62. The number of carboxylic acid groups (broad SMARTS) is 2. The molecular formula is C48H70N12O21S. The van der Waals surface area contributed by atoms with Crippen LogP contribution in [0.5, 0.6) is 5.75 Å². The maximum Gasteiger partial charge on any atom is 0.303 e. The fraction of sp³-hybridized carbons (Fsp3) is 0.562. The van der Waals surface area contributed by atoms with Crippen LogP contribution in [0.4, 0.5) is 0 Å². The summed E-state index contributed by atoms with van der Waals surface area (Å²) in [5.41, 5.74) is 11.8. The first-order valence-corrected chi connectivity index (χ1v) is 26.8. The number of nitrogens with one attached hydrogen (secondary N) is 9. The highest BCUT2D eigenvalue weighted by Gasteiger charge is 2.45. The third kappa shape index (κ3) is 20.6. The zero-order chi connectivity index (χ0) is 61.7. The number of benzene rings is 1. The Morgan fingerprint density at radius 3 is 1.98 bits per heavy atom. The molecule has 82 heavy (non-hydrogen) atoms. The molecule has 0 spiro atoms. The number of carbonyl (C=O) groups is 13. The van der Waals surface area contributed by atoms with Crippen molar-refractivity contribution in [3.8, 4) is 5.75 Å². The van der Waals surface area contributed by atoms with Gasteiger partial charge in [0.05, 0.1) is 60.4 Å².